The van der Waals surface area contributed by atoms with Crippen LogP contribution in [-0.2, 0) is 9.53 Å². The summed E-state index contributed by atoms with van der Waals surface area (Å²) in [7, 11) is 0. The molecule has 0 unspecified atom stereocenters. The number of ether oxygens (including phenoxy) is 1. The first-order valence-electron chi connectivity index (χ1n) is 5.18. The molecule has 0 saturated carbocycles. The Labute approximate surface area is 84.6 Å². The quantitative estimate of drug-likeness (QED) is 0.697. The normalized spacial score (nSPS) is 26.0. The van der Waals surface area contributed by atoms with Crippen molar-refractivity contribution in [3.63, 3.8) is 0 Å². The molecule has 4 nitrogen and oxygen atoms in total. The topological polar surface area (TPSA) is 58.6 Å². The molecule has 2 N–H and O–H groups in total. The molecular weight excluding hydrogens is 182 g/mol. The fraction of sp³-hybridized carbons (Fsp3) is 0.900. The Morgan fingerprint density at radius 3 is 2.86 bits per heavy atom. The van der Waals surface area contributed by atoms with E-state index in [-0.39, 0.29) is 6.10 Å². The Bertz CT molecular complexity index is 202. The van der Waals surface area contributed by atoms with Gasteiger partial charge in [0.05, 0.1) is 6.10 Å². The third-order valence-electron chi connectivity index (χ3n) is 2.92. The summed E-state index contributed by atoms with van der Waals surface area (Å²) in [6.45, 7) is 5.03. The standard InChI is InChI=1S/C10H19NO3/c1-3-10(2,9(12)13)11-7-8-5-4-6-14-8/h8,11H,3-7H2,1-2H3,(H,12,13)/t8-,10+/m0/s1. The Kier molecular flexibility index (Phi) is 3.89. The predicted molar refractivity (Wildman–Crippen MR) is 53.3 cm³/mol. The zero-order valence-corrected chi connectivity index (χ0v) is 8.88. The van der Waals surface area contributed by atoms with Crippen molar-refractivity contribution in [3.8, 4) is 0 Å². The van der Waals surface area contributed by atoms with Crippen LogP contribution in [0.4, 0.5) is 0 Å². The summed E-state index contributed by atoms with van der Waals surface area (Å²) in [4.78, 5) is 11.0. The van der Waals surface area contributed by atoms with Crippen molar-refractivity contribution in [2.24, 2.45) is 0 Å². The van der Waals surface area contributed by atoms with Crippen molar-refractivity contribution in [1.29, 1.82) is 0 Å². The van der Waals surface area contributed by atoms with E-state index in [1.807, 2.05) is 6.92 Å². The molecule has 1 saturated heterocycles. The number of carbonyl (C=O) groups is 1. The maximum atomic E-state index is 11.0. The molecule has 1 aliphatic heterocycles. The second-order valence-corrected chi connectivity index (χ2v) is 4.01. The summed E-state index contributed by atoms with van der Waals surface area (Å²) in [5, 5.41) is 12.1. The minimum atomic E-state index is -0.814. The van der Waals surface area contributed by atoms with E-state index < -0.39 is 11.5 Å². The minimum absolute atomic E-state index is 0.195. The second kappa shape index (κ2) is 4.75. The zero-order chi connectivity index (χ0) is 10.6. The first-order chi connectivity index (χ1) is 6.58. The summed E-state index contributed by atoms with van der Waals surface area (Å²) >= 11 is 0. The van der Waals surface area contributed by atoms with Crippen LogP contribution in [0.3, 0.4) is 0 Å². The van der Waals surface area contributed by atoms with Crippen molar-refractivity contribution in [2.75, 3.05) is 13.2 Å². The molecule has 0 aliphatic carbocycles. The molecular formula is C10H19NO3. The Hall–Kier alpha value is -0.610. The van der Waals surface area contributed by atoms with Gasteiger partial charge in [-0.25, -0.2) is 0 Å². The number of nitrogens with one attached hydrogen (secondary N) is 1. The van der Waals surface area contributed by atoms with Crippen LogP contribution in [0.15, 0.2) is 0 Å². The van der Waals surface area contributed by atoms with Gasteiger partial charge in [-0.2, -0.15) is 0 Å². The van der Waals surface area contributed by atoms with Gasteiger partial charge >= 0.3 is 5.97 Å². The van der Waals surface area contributed by atoms with Gasteiger partial charge in [-0.1, -0.05) is 6.92 Å². The fourth-order valence-corrected chi connectivity index (χ4v) is 1.50. The lowest BCUT2D eigenvalue weighted by atomic mass is 9.99. The summed E-state index contributed by atoms with van der Waals surface area (Å²) < 4.78 is 5.42. The highest BCUT2D eigenvalue weighted by Gasteiger charge is 2.31. The number of rotatable bonds is 5. The first-order valence-corrected chi connectivity index (χ1v) is 5.18. The smallest absolute Gasteiger partial charge is 0.323 e. The van der Waals surface area contributed by atoms with Gasteiger partial charge in [0.25, 0.3) is 0 Å². The molecule has 2 atom stereocenters. The van der Waals surface area contributed by atoms with Crippen LogP contribution < -0.4 is 5.32 Å². The molecule has 0 aromatic heterocycles. The average Bonchev–Trinajstić information content (AvgIpc) is 2.66. The van der Waals surface area contributed by atoms with E-state index in [9.17, 15) is 4.79 Å². The van der Waals surface area contributed by atoms with Gasteiger partial charge in [-0.05, 0) is 26.2 Å². The van der Waals surface area contributed by atoms with Gasteiger partial charge in [0.2, 0.25) is 0 Å². The maximum absolute atomic E-state index is 11.0. The second-order valence-electron chi connectivity index (χ2n) is 4.01. The maximum Gasteiger partial charge on any atom is 0.323 e. The van der Waals surface area contributed by atoms with Gasteiger partial charge in [0.1, 0.15) is 5.54 Å². The summed E-state index contributed by atoms with van der Waals surface area (Å²) in [5.41, 5.74) is -0.814. The van der Waals surface area contributed by atoms with E-state index in [1.165, 1.54) is 0 Å². The van der Waals surface area contributed by atoms with Gasteiger partial charge in [-0.3, -0.25) is 10.1 Å². The van der Waals surface area contributed by atoms with Gasteiger partial charge in [-0.15, -0.1) is 0 Å². The molecule has 1 rings (SSSR count). The SMILES string of the molecule is CC[C@@](C)(NC[C@@H]1CCCO1)C(=O)O. The Balaban J connectivity index is 2.36. The summed E-state index contributed by atoms with van der Waals surface area (Å²) in [5.74, 6) is -0.794. The largest absolute Gasteiger partial charge is 0.480 e. The summed E-state index contributed by atoms with van der Waals surface area (Å²) in [6.07, 6.45) is 2.89. The van der Waals surface area contributed by atoms with E-state index in [2.05, 4.69) is 5.32 Å². The lowest BCUT2D eigenvalue weighted by molar-refractivity contribution is -0.144. The van der Waals surface area contributed by atoms with E-state index >= 15 is 0 Å². The molecule has 1 aliphatic rings. The number of hydrogen-bond donors (Lipinski definition) is 2. The minimum Gasteiger partial charge on any atom is -0.480 e. The Morgan fingerprint density at radius 2 is 2.43 bits per heavy atom. The zero-order valence-electron chi connectivity index (χ0n) is 8.88. The van der Waals surface area contributed by atoms with Crippen molar-refractivity contribution in [2.45, 2.75) is 44.8 Å². The van der Waals surface area contributed by atoms with Crippen molar-refractivity contribution in [1.82, 2.24) is 5.32 Å². The molecule has 82 valence electrons. The molecule has 0 amide bonds. The van der Waals surface area contributed by atoms with Crippen LogP contribution in [0, 0.1) is 0 Å². The fourth-order valence-electron chi connectivity index (χ4n) is 1.50. The van der Waals surface area contributed by atoms with Gasteiger partial charge < -0.3 is 9.84 Å². The monoisotopic (exact) mass is 201 g/mol. The molecule has 14 heavy (non-hydrogen) atoms. The van der Waals surface area contributed by atoms with Crippen LogP contribution in [0.5, 0.6) is 0 Å². The lowest BCUT2D eigenvalue weighted by Crippen LogP contribution is -2.51. The molecule has 1 heterocycles. The average molecular weight is 201 g/mol. The molecule has 0 aromatic carbocycles. The summed E-state index contributed by atoms with van der Waals surface area (Å²) in [6, 6.07) is 0. The van der Waals surface area contributed by atoms with Crippen molar-refractivity contribution >= 4 is 5.97 Å². The highest BCUT2D eigenvalue weighted by molar-refractivity contribution is 5.78. The molecule has 1 fully saturated rings. The number of carboxylic acids is 1. The van der Waals surface area contributed by atoms with E-state index in [0.29, 0.717) is 13.0 Å². The van der Waals surface area contributed by atoms with Crippen molar-refractivity contribution in [3.05, 3.63) is 0 Å². The predicted octanol–water partition coefficient (Wildman–Crippen LogP) is 1.01. The van der Waals surface area contributed by atoms with Crippen LogP contribution in [0.2, 0.25) is 0 Å². The van der Waals surface area contributed by atoms with E-state index in [1.54, 1.807) is 6.92 Å². The van der Waals surface area contributed by atoms with Gasteiger partial charge in [0, 0.05) is 13.2 Å². The lowest BCUT2D eigenvalue weighted by Gasteiger charge is -2.26. The highest BCUT2D eigenvalue weighted by Crippen LogP contribution is 2.14. The third kappa shape index (κ3) is 2.69. The van der Waals surface area contributed by atoms with Crippen LogP contribution >= 0.6 is 0 Å². The van der Waals surface area contributed by atoms with Crippen LogP contribution in [-0.4, -0.2) is 35.9 Å². The molecule has 4 heteroatoms. The molecule has 0 aromatic rings. The van der Waals surface area contributed by atoms with E-state index in [4.69, 9.17) is 9.84 Å². The number of carboxylic acid groups (broad SMARTS) is 1. The number of hydrogen-bond acceptors (Lipinski definition) is 3. The molecule has 0 bridgehead atoms. The Morgan fingerprint density at radius 1 is 1.71 bits per heavy atom. The number of aliphatic carboxylic acids is 1. The first kappa shape index (κ1) is 11.5. The highest BCUT2D eigenvalue weighted by atomic mass is 16.5. The van der Waals surface area contributed by atoms with E-state index in [0.717, 1.165) is 19.4 Å². The third-order valence-corrected chi connectivity index (χ3v) is 2.92. The molecule has 0 spiro atoms. The van der Waals surface area contributed by atoms with Crippen LogP contribution in [0.1, 0.15) is 33.1 Å². The van der Waals surface area contributed by atoms with Crippen molar-refractivity contribution < 1.29 is 14.6 Å². The van der Waals surface area contributed by atoms with Crippen LogP contribution in [0.25, 0.3) is 0 Å². The molecule has 0 radical (unpaired) electrons. The van der Waals surface area contributed by atoms with Gasteiger partial charge in [0.15, 0.2) is 0 Å².